The molecule has 0 radical (unpaired) electrons. The second kappa shape index (κ2) is 8.57. The molecule has 2 N–H and O–H groups in total. The third-order valence-corrected chi connectivity index (χ3v) is 4.38. The van der Waals surface area contributed by atoms with Crippen molar-refractivity contribution in [1.82, 2.24) is 5.32 Å². The second-order valence-electron chi connectivity index (χ2n) is 6.28. The minimum absolute atomic E-state index is 0.398. The van der Waals surface area contributed by atoms with Crippen LogP contribution in [0.3, 0.4) is 0 Å². The predicted molar refractivity (Wildman–Crippen MR) is 79.4 cm³/mol. The monoisotopic (exact) mass is 269 g/mol. The highest BCUT2D eigenvalue weighted by atomic mass is 16.4. The summed E-state index contributed by atoms with van der Waals surface area (Å²) in [5, 5.41) is 13.0. The molecular formula is C16H31NO2. The van der Waals surface area contributed by atoms with Crippen LogP contribution >= 0.6 is 0 Å². The summed E-state index contributed by atoms with van der Waals surface area (Å²) in [4.78, 5) is 11.6. The number of hydrogen-bond acceptors (Lipinski definition) is 2. The van der Waals surface area contributed by atoms with Crippen LogP contribution in [0.15, 0.2) is 0 Å². The standard InChI is InChI=1S/C16H31NO2/c1-3-4-5-10-13-16(2,15(18)19)17-14-11-8-6-7-9-12-14/h14,17H,3-13H2,1-2H3,(H,18,19). The number of carboxylic acids is 1. The van der Waals surface area contributed by atoms with Gasteiger partial charge in [-0.1, -0.05) is 58.3 Å². The van der Waals surface area contributed by atoms with Gasteiger partial charge in [0, 0.05) is 6.04 Å². The molecule has 0 spiro atoms. The SMILES string of the molecule is CCCCCCC(C)(NC1CCCCCC1)C(=O)O. The predicted octanol–water partition coefficient (Wildman–Crippen LogP) is 4.11. The zero-order chi connectivity index (χ0) is 14.1. The largest absolute Gasteiger partial charge is 0.480 e. The first-order valence-electron chi connectivity index (χ1n) is 8.09. The van der Waals surface area contributed by atoms with E-state index in [-0.39, 0.29) is 0 Å². The van der Waals surface area contributed by atoms with Gasteiger partial charge in [0.2, 0.25) is 0 Å². The average Bonchev–Trinajstić information content (AvgIpc) is 2.63. The van der Waals surface area contributed by atoms with Gasteiger partial charge in [-0.3, -0.25) is 10.1 Å². The zero-order valence-electron chi connectivity index (χ0n) is 12.7. The van der Waals surface area contributed by atoms with Crippen molar-refractivity contribution in [1.29, 1.82) is 0 Å². The van der Waals surface area contributed by atoms with Crippen LogP contribution in [0.1, 0.15) is 84.5 Å². The highest BCUT2D eigenvalue weighted by molar-refractivity contribution is 5.78. The molecule has 0 bridgehead atoms. The van der Waals surface area contributed by atoms with E-state index in [4.69, 9.17) is 0 Å². The van der Waals surface area contributed by atoms with Crippen LogP contribution in [0.4, 0.5) is 0 Å². The maximum atomic E-state index is 11.6. The first-order valence-corrected chi connectivity index (χ1v) is 8.09. The Kier molecular flexibility index (Phi) is 7.44. The van der Waals surface area contributed by atoms with Crippen LogP contribution in [0.5, 0.6) is 0 Å². The fourth-order valence-corrected chi connectivity index (χ4v) is 3.02. The van der Waals surface area contributed by atoms with E-state index in [1.807, 2.05) is 6.92 Å². The summed E-state index contributed by atoms with van der Waals surface area (Å²) >= 11 is 0. The van der Waals surface area contributed by atoms with E-state index in [0.717, 1.165) is 32.1 Å². The molecule has 0 aromatic heterocycles. The number of carbonyl (C=O) groups is 1. The van der Waals surface area contributed by atoms with E-state index < -0.39 is 11.5 Å². The van der Waals surface area contributed by atoms with Crippen LogP contribution in [-0.2, 0) is 4.79 Å². The summed E-state index contributed by atoms with van der Waals surface area (Å²) in [5.74, 6) is -0.687. The van der Waals surface area contributed by atoms with Crippen LogP contribution in [0.2, 0.25) is 0 Å². The Labute approximate surface area is 118 Å². The van der Waals surface area contributed by atoms with Gasteiger partial charge in [0.05, 0.1) is 0 Å². The Morgan fingerprint density at radius 1 is 1.16 bits per heavy atom. The number of nitrogens with one attached hydrogen (secondary N) is 1. The summed E-state index contributed by atoms with van der Waals surface area (Å²) in [6, 6.07) is 0.398. The minimum Gasteiger partial charge on any atom is -0.480 e. The second-order valence-corrected chi connectivity index (χ2v) is 6.28. The van der Waals surface area contributed by atoms with Gasteiger partial charge >= 0.3 is 5.97 Å². The summed E-state index contributed by atoms with van der Waals surface area (Å²) < 4.78 is 0. The molecule has 0 amide bonds. The fourth-order valence-electron chi connectivity index (χ4n) is 3.02. The minimum atomic E-state index is -0.733. The lowest BCUT2D eigenvalue weighted by molar-refractivity contribution is -0.145. The Morgan fingerprint density at radius 3 is 2.32 bits per heavy atom. The summed E-state index contributed by atoms with van der Waals surface area (Å²) in [6.45, 7) is 4.05. The van der Waals surface area contributed by atoms with Crippen LogP contribution in [0.25, 0.3) is 0 Å². The van der Waals surface area contributed by atoms with E-state index in [1.165, 1.54) is 38.5 Å². The van der Waals surface area contributed by atoms with E-state index in [0.29, 0.717) is 6.04 Å². The Balaban J connectivity index is 2.46. The molecular weight excluding hydrogens is 238 g/mol. The van der Waals surface area contributed by atoms with E-state index >= 15 is 0 Å². The zero-order valence-corrected chi connectivity index (χ0v) is 12.7. The lowest BCUT2D eigenvalue weighted by atomic mass is 9.92. The Bertz CT molecular complexity index is 259. The van der Waals surface area contributed by atoms with E-state index in [2.05, 4.69) is 12.2 Å². The molecule has 19 heavy (non-hydrogen) atoms. The van der Waals surface area contributed by atoms with E-state index in [9.17, 15) is 9.90 Å². The number of hydrogen-bond donors (Lipinski definition) is 2. The molecule has 1 atom stereocenters. The van der Waals surface area contributed by atoms with Crippen molar-refractivity contribution in [2.75, 3.05) is 0 Å². The van der Waals surface area contributed by atoms with Crippen molar-refractivity contribution in [2.45, 2.75) is 96.1 Å². The van der Waals surface area contributed by atoms with Crippen molar-refractivity contribution >= 4 is 5.97 Å². The van der Waals surface area contributed by atoms with Gasteiger partial charge < -0.3 is 5.11 Å². The topological polar surface area (TPSA) is 49.3 Å². The first kappa shape index (κ1) is 16.5. The summed E-state index contributed by atoms with van der Waals surface area (Å²) in [5.41, 5.74) is -0.733. The molecule has 1 saturated carbocycles. The highest BCUT2D eigenvalue weighted by Gasteiger charge is 2.34. The Morgan fingerprint density at radius 2 is 1.79 bits per heavy atom. The van der Waals surface area contributed by atoms with E-state index in [1.54, 1.807) is 0 Å². The summed E-state index contributed by atoms with van der Waals surface area (Å²) in [6.07, 6.45) is 12.7. The molecule has 1 unspecified atom stereocenters. The van der Waals surface area contributed by atoms with Crippen molar-refractivity contribution in [3.05, 3.63) is 0 Å². The quantitative estimate of drug-likeness (QED) is 0.515. The maximum absolute atomic E-state index is 11.6. The lowest BCUT2D eigenvalue weighted by Crippen LogP contribution is -2.53. The average molecular weight is 269 g/mol. The van der Waals surface area contributed by atoms with Crippen LogP contribution in [0, 0.1) is 0 Å². The highest BCUT2D eigenvalue weighted by Crippen LogP contribution is 2.22. The first-order chi connectivity index (χ1) is 9.08. The molecule has 1 rings (SSSR count). The van der Waals surface area contributed by atoms with Gasteiger partial charge in [-0.25, -0.2) is 0 Å². The normalized spacial score (nSPS) is 20.7. The van der Waals surface area contributed by atoms with Gasteiger partial charge in [-0.2, -0.15) is 0 Å². The summed E-state index contributed by atoms with van der Waals surface area (Å²) in [7, 11) is 0. The van der Waals surface area contributed by atoms with Crippen molar-refractivity contribution in [3.63, 3.8) is 0 Å². The van der Waals surface area contributed by atoms with Gasteiger partial charge in [0.15, 0.2) is 0 Å². The van der Waals surface area contributed by atoms with Crippen molar-refractivity contribution < 1.29 is 9.90 Å². The van der Waals surface area contributed by atoms with Crippen LogP contribution in [-0.4, -0.2) is 22.7 Å². The molecule has 1 aliphatic rings. The number of unbranched alkanes of at least 4 members (excludes halogenated alkanes) is 3. The lowest BCUT2D eigenvalue weighted by Gasteiger charge is -2.31. The molecule has 3 heteroatoms. The molecule has 0 saturated heterocycles. The number of rotatable bonds is 8. The smallest absolute Gasteiger partial charge is 0.323 e. The third kappa shape index (κ3) is 5.94. The third-order valence-electron chi connectivity index (χ3n) is 4.38. The molecule has 1 fully saturated rings. The molecule has 0 aromatic carbocycles. The van der Waals surface area contributed by atoms with Crippen molar-refractivity contribution in [2.24, 2.45) is 0 Å². The fraction of sp³-hybridized carbons (Fsp3) is 0.938. The van der Waals surface area contributed by atoms with Gasteiger partial charge in [-0.15, -0.1) is 0 Å². The van der Waals surface area contributed by atoms with Crippen molar-refractivity contribution in [3.8, 4) is 0 Å². The van der Waals surface area contributed by atoms with Gasteiger partial charge in [0.1, 0.15) is 5.54 Å². The number of aliphatic carboxylic acids is 1. The van der Waals surface area contributed by atoms with Gasteiger partial charge in [-0.05, 0) is 26.2 Å². The molecule has 112 valence electrons. The maximum Gasteiger partial charge on any atom is 0.323 e. The molecule has 1 aliphatic carbocycles. The molecule has 0 aromatic rings. The Hall–Kier alpha value is -0.570. The number of carboxylic acid groups (broad SMARTS) is 1. The van der Waals surface area contributed by atoms with Gasteiger partial charge in [0.25, 0.3) is 0 Å². The molecule has 0 heterocycles. The molecule has 3 nitrogen and oxygen atoms in total. The van der Waals surface area contributed by atoms with Crippen LogP contribution < -0.4 is 5.32 Å². The molecule has 0 aliphatic heterocycles.